The molecule has 1 aliphatic rings. The second kappa shape index (κ2) is 15.2. The molecule has 0 aliphatic heterocycles. The average Bonchev–Trinajstić information content (AvgIpc) is 2.79. The highest BCUT2D eigenvalue weighted by Gasteiger charge is 2.23. The van der Waals surface area contributed by atoms with Gasteiger partial charge in [-0.05, 0) is 49.6 Å². The molecule has 1 saturated carbocycles. The fraction of sp³-hybridized carbons (Fsp3) is 0.480. The monoisotopic (exact) mass is 450 g/mol. The lowest BCUT2D eigenvalue weighted by Gasteiger charge is -2.23. The smallest absolute Gasteiger partial charge is 0.203 e. The van der Waals surface area contributed by atoms with Gasteiger partial charge in [0.2, 0.25) is 9.84 Å². The van der Waals surface area contributed by atoms with Crippen molar-refractivity contribution in [3.63, 3.8) is 0 Å². The Balaban J connectivity index is 0.00000125. The minimum absolute atomic E-state index is 0.100. The molecule has 0 unspecified atom stereocenters. The Morgan fingerprint density at radius 3 is 2.00 bits per heavy atom. The first kappa shape index (κ1) is 28.4. The summed E-state index contributed by atoms with van der Waals surface area (Å²) in [5.41, 5.74) is 0.992. The molecule has 3 nitrogen and oxygen atoms in total. The van der Waals surface area contributed by atoms with E-state index in [0.29, 0.717) is 12.2 Å². The maximum absolute atomic E-state index is 12.7. The van der Waals surface area contributed by atoms with E-state index >= 15 is 0 Å². The van der Waals surface area contributed by atoms with Gasteiger partial charge in [-0.3, -0.25) is 4.79 Å². The fourth-order valence-corrected chi connectivity index (χ4v) is 5.35. The molecule has 1 aromatic rings. The molecule has 1 fully saturated rings. The maximum Gasteiger partial charge on any atom is 0.203 e. The van der Waals surface area contributed by atoms with Gasteiger partial charge in [0.05, 0.1) is 14.7 Å². The van der Waals surface area contributed by atoms with Crippen molar-refractivity contribution in [1.82, 2.24) is 0 Å². The second-order valence-corrected chi connectivity index (χ2v) is 10.5. The minimum atomic E-state index is -3.66. The largest absolute Gasteiger partial charge is 0.297 e. The van der Waals surface area contributed by atoms with Crippen molar-refractivity contribution in [2.75, 3.05) is 0 Å². The van der Waals surface area contributed by atoms with Crippen molar-refractivity contribution in [3.05, 3.63) is 64.3 Å². The molecule has 0 atom stereocenters. The van der Waals surface area contributed by atoms with E-state index in [1.54, 1.807) is 24.3 Å². The Labute approximate surface area is 188 Å². The third kappa shape index (κ3) is 9.05. The zero-order valence-electron chi connectivity index (χ0n) is 19.1. The van der Waals surface area contributed by atoms with Crippen LogP contribution in [0.1, 0.15) is 71.3 Å². The van der Waals surface area contributed by atoms with E-state index in [-0.39, 0.29) is 14.7 Å². The molecular weight excluding hydrogens is 412 g/mol. The fourth-order valence-electron chi connectivity index (χ4n) is 2.85. The Morgan fingerprint density at radius 1 is 1.07 bits per heavy atom. The number of rotatable bonds is 7. The Morgan fingerprint density at radius 2 is 1.57 bits per heavy atom. The molecule has 30 heavy (non-hydrogen) atoms. The molecule has 0 saturated heterocycles. The molecule has 0 aromatic heterocycles. The van der Waals surface area contributed by atoms with E-state index in [9.17, 15) is 13.2 Å². The first-order valence-electron chi connectivity index (χ1n) is 10.6. The molecule has 0 bridgehead atoms. The molecule has 168 valence electrons. The van der Waals surface area contributed by atoms with Crippen LogP contribution < -0.4 is 0 Å². The number of benzene rings is 1. The van der Waals surface area contributed by atoms with E-state index in [2.05, 4.69) is 33.6 Å². The summed E-state index contributed by atoms with van der Waals surface area (Å²) in [6.07, 6.45) is 9.00. The summed E-state index contributed by atoms with van der Waals surface area (Å²) >= 11 is 1.22. The predicted molar refractivity (Wildman–Crippen MR) is 132 cm³/mol. The van der Waals surface area contributed by atoms with Crippen LogP contribution in [0.15, 0.2) is 63.6 Å². The van der Waals surface area contributed by atoms with Gasteiger partial charge in [-0.15, -0.1) is 13.2 Å². The van der Waals surface area contributed by atoms with Crippen molar-refractivity contribution < 1.29 is 13.2 Å². The quantitative estimate of drug-likeness (QED) is 0.243. The van der Waals surface area contributed by atoms with Crippen LogP contribution >= 0.6 is 11.8 Å². The highest BCUT2D eigenvalue weighted by atomic mass is 32.2. The highest BCUT2D eigenvalue weighted by Crippen LogP contribution is 2.39. The maximum atomic E-state index is 12.7. The summed E-state index contributed by atoms with van der Waals surface area (Å²) in [5.74, 6) is 0.369. The summed E-state index contributed by atoms with van der Waals surface area (Å²) in [7, 11) is -3.66. The molecular formula is C25H38O3S2. The number of aryl methyl sites for hydroxylation is 1. The van der Waals surface area contributed by atoms with E-state index in [1.165, 1.54) is 50.8 Å². The molecule has 5 heteroatoms. The second-order valence-electron chi connectivity index (χ2n) is 7.26. The summed E-state index contributed by atoms with van der Waals surface area (Å²) in [6.45, 7) is 17.9. The number of unbranched alkanes of at least 4 members (excludes halogenated alkanes) is 1. The van der Waals surface area contributed by atoms with Crippen LogP contribution in [0.25, 0.3) is 0 Å². The summed E-state index contributed by atoms with van der Waals surface area (Å²) < 4.78 is 25.5. The van der Waals surface area contributed by atoms with Gasteiger partial charge in [-0.25, -0.2) is 8.42 Å². The van der Waals surface area contributed by atoms with Crippen LogP contribution in [0.3, 0.4) is 0 Å². The topological polar surface area (TPSA) is 51.2 Å². The number of sulfone groups is 1. The van der Waals surface area contributed by atoms with Gasteiger partial charge in [0.1, 0.15) is 0 Å². The molecule has 2 rings (SSSR count). The van der Waals surface area contributed by atoms with E-state index < -0.39 is 9.84 Å². The number of thioether (sulfide) groups is 1. The van der Waals surface area contributed by atoms with Gasteiger partial charge in [0, 0.05) is 0 Å². The van der Waals surface area contributed by atoms with Crippen molar-refractivity contribution in [2.24, 2.45) is 5.92 Å². The van der Waals surface area contributed by atoms with Gasteiger partial charge in [0.25, 0.3) is 0 Å². The third-order valence-electron chi connectivity index (χ3n) is 4.99. The van der Waals surface area contributed by atoms with E-state index in [1.807, 2.05) is 6.92 Å². The minimum Gasteiger partial charge on any atom is -0.297 e. The third-order valence-corrected chi connectivity index (χ3v) is 8.26. The van der Waals surface area contributed by atoms with Crippen LogP contribution in [-0.4, -0.2) is 14.7 Å². The van der Waals surface area contributed by atoms with Crippen molar-refractivity contribution in [2.45, 2.75) is 77.5 Å². The summed E-state index contributed by atoms with van der Waals surface area (Å²) in [6, 6.07) is 6.68. The predicted octanol–water partition coefficient (Wildman–Crippen LogP) is 7.63. The molecule has 0 N–H and O–H groups in total. The number of allylic oxidation sites excluding steroid dienone is 3. The molecule has 0 radical (unpaired) electrons. The van der Waals surface area contributed by atoms with Crippen molar-refractivity contribution in [3.8, 4) is 0 Å². The molecule has 0 spiro atoms. The van der Waals surface area contributed by atoms with Crippen LogP contribution in [0.5, 0.6) is 0 Å². The Kier molecular flexibility index (Phi) is 14.4. The van der Waals surface area contributed by atoms with Gasteiger partial charge in [0.15, 0.2) is 6.29 Å². The number of hydrogen-bond donors (Lipinski definition) is 0. The van der Waals surface area contributed by atoms with Gasteiger partial charge < -0.3 is 0 Å². The van der Waals surface area contributed by atoms with E-state index in [0.717, 1.165) is 23.3 Å². The molecule has 1 aromatic carbocycles. The van der Waals surface area contributed by atoms with Gasteiger partial charge in [-0.2, -0.15) is 0 Å². The molecule has 0 amide bonds. The molecule has 0 heterocycles. The Hall–Kier alpha value is -1.59. The van der Waals surface area contributed by atoms with Crippen LogP contribution in [0, 0.1) is 12.8 Å². The van der Waals surface area contributed by atoms with Crippen LogP contribution in [-0.2, 0) is 14.6 Å². The lowest BCUT2D eigenvalue weighted by molar-refractivity contribution is -0.104. The lowest BCUT2D eigenvalue weighted by atomic mass is 9.89. The normalized spacial score (nSPS) is 14.9. The zero-order valence-corrected chi connectivity index (χ0v) is 20.7. The number of hydrogen-bond acceptors (Lipinski definition) is 4. The average molecular weight is 451 g/mol. The summed E-state index contributed by atoms with van der Waals surface area (Å²) in [4.78, 5) is 13.0. The Bertz CT molecular complexity index is 782. The standard InChI is InChI=1S/C19H24O3S2.C4H10.C2H4/c1-14-9-11-18(12-10-14)24(21,22)16(3)19(13-20)23-15(2)17-7-5-4-6-8-17;1-3-4-2;1-2/h9-13,17H,2,4-8H2,1,3H3;3-4H2,1-2H3;1-2H2/b19-16+;;. The van der Waals surface area contributed by atoms with Crippen LogP contribution in [0.2, 0.25) is 0 Å². The van der Waals surface area contributed by atoms with Gasteiger partial charge >= 0.3 is 0 Å². The number of carbonyl (C=O) groups is 1. The van der Waals surface area contributed by atoms with Gasteiger partial charge in [-0.1, -0.05) is 82.0 Å². The highest BCUT2D eigenvalue weighted by molar-refractivity contribution is 8.08. The number of carbonyl (C=O) groups excluding carboxylic acids is 1. The van der Waals surface area contributed by atoms with Crippen LogP contribution in [0.4, 0.5) is 0 Å². The van der Waals surface area contributed by atoms with Crippen molar-refractivity contribution in [1.29, 1.82) is 0 Å². The first-order chi connectivity index (χ1) is 14.3. The SMILES string of the molecule is C=C.C=C(S/C(C=O)=C(\C)S(=O)(=O)c1ccc(C)cc1)C1CCCCC1.CCCC. The number of aldehydes is 1. The zero-order chi connectivity index (χ0) is 23.2. The summed E-state index contributed by atoms with van der Waals surface area (Å²) in [5, 5.41) is 0. The van der Waals surface area contributed by atoms with Crippen molar-refractivity contribution >= 4 is 27.9 Å². The first-order valence-corrected chi connectivity index (χ1v) is 12.9. The molecule has 1 aliphatic carbocycles. The lowest BCUT2D eigenvalue weighted by Crippen LogP contribution is -2.09. The van der Waals surface area contributed by atoms with E-state index in [4.69, 9.17) is 0 Å².